The van der Waals surface area contributed by atoms with E-state index in [9.17, 15) is 4.39 Å². The van der Waals surface area contributed by atoms with E-state index < -0.39 is 0 Å². The van der Waals surface area contributed by atoms with Gasteiger partial charge in [-0.2, -0.15) is 0 Å². The van der Waals surface area contributed by atoms with Gasteiger partial charge in [0.05, 0.1) is 6.04 Å². The van der Waals surface area contributed by atoms with Crippen LogP contribution in [0, 0.1) is 12.7 Å². The number of nitrogens with two attached hydrogens (primary N) is 1. The molecule has 0 saturated heterocycles. The van der Waals surface area contributed by atoms with Crippen molar-refractivity contribution in [3.05, 3.63) is 64.4 Å². The number of hydrogen-bond acceptors (Lipinski definition) is 2. The number of rotatable bonds is 4. The minimum absolute atomic E-state index is 0.227. The van der Waals surface area contributed by atoms with Gasteiger partial charge in [0.25, 0.3) is 0 Å². The summed E-state index contributed by atoms with van der Waals surface area (Å²) in [5.74, 6) is -0.327. The van der Waals surface area contributed by atoms with Crippen LogP contribution in [0.4, 0.5) is 10.1 Å². The Morgan fingerprint density at radius 3 is 2.40 bits per heavy atom. The first-order chi connectivity index (χ1) is 9.52. The van der Waals surface area contributed by atoms with E-state index in [2.05, 4.69) is 0 Å². The first-order valence-electron chi connectivity index (χ1n) is 6.47. The van der Waals surface area contributed by atoms with Gasteiger partial charge >= 0.3 is 0 Å². The second-order valence-electron chi connectivity index (χ2n) is 4.86. The molecule has 0 radical (unpaired) electrons. The average Bonchev–Trinajstić information content (AvgIpc) is 2.42. The fourth-order valence-corrected chi connectivity index (χ4v) is 2.38. The number of likely N-dealkylation sites (N-methyl/N-ethyl adjacent to an activating group) is 1. The summed E-state index contributed by atoms with van der Waals surface area (Å²) in [6, 6.07) is 12.5. The monoisotopic (exact) mass is 292 g/mol. The van der Waals surface area contributed by atoms with E-state index in [1.807, 2.05) is 43.1 Å². The van der Waals surface area contributed by atoms with Gasteiger partial charge in [-0.1, -0.05) is 35.4 Å². The maximum absolute atomic E-state index is 14.1. The molecule has 106 valence electrons. The SMILES string of the molecule is Cc1ccc(N(C)C(CN)c2ccc(Cl)cc2F)cc1. The Labute approximate surface area is 124 Å². The molecule has 0 aliphatic carbocycles. The van der Waals surface area contributed by atoms with Crippen LogP contribution in [0.5, 0.6) is 0 Å². The molecule has 2 nitrogen and oxygen atoms in total. The van der Waals surface area contributed by atoms with Gasteiger partial charge in [-0.15, -0.1) is 0 Å². The van der Waals surface area contributed by atoms with Crippen molar-refractivity contribution in [2.75, 3.05) is 18.5 Å². The zero-order valence-electron chi connectivity index (χ0n) is 11.6. The van der Waals surface area contributed by atoms with Crippen LogP contribution < -0.4 is 10.6 Å². The molecule has 0 aliphatic rings. The van der Waals surface area contributed by atoms with E-state index in [0.717, 1.165) is 5.69 Å². The predicted molar refractivity (Wildman–Crippen MR) is 82.8 cm³/mol. The van der Waals surface area contributed by atoms with Crippen molar-refractivity contribution >= 4 is 17.3 Å². The summed E-state index contributed by atoms with van der Waals surface area (Å²) in [4.78, 5) is 1.98. The molecule has 0 amide bonds. The third-order valence-corrected chi connectivity index (χ3v) is 3.69. The number of nitrogens with zero attached hydrogens (tertiary/aromatic N) is 1. The Morgan fingerprint density at radius 1 is 1.20 bits per heavy atom. The lowest BCUT2D eigenvalue weighted by atomic mass is 10.0. The highest BCUT2D eigenvalue weighted by Crippen LogP contribution is 2.28. The second kappa shape index (κ2) is 6.25. The molecule has 4 heteroatoms. The van der Waals surface area contributed by atoms with Gasteiger partial charge in [-0.25, -0.2) is 4.39 Å². The maximum Gasteiger partial charge on any atom is 0.130 e. The molecule has 0 aromatic heterocycles. The van der Waals surface area contributed by atoms with Crippen molar-refractivity contribution < 1.29 is 4.39 Å². The van der Waals surface area contributed by atoms with Crippen LogP contribution >= 0.6 is 11.6 Å². The molecule has 0 spiro atoms. The average molecular weight is 293 g/mol. The largest absolute Gasteiger partial charge is 0.366 e. The molecule has 0 saturated carbocycles. The van der Waals surface area contributed by atoms with Gasteiger partial charge in [0.2, 0.25) is 0 Å². The second-order valence-corrected chi connectivity index (χ2v) is 5.30. The topological polar surface area (TPSA) is 29.3 Å². The summed E-state index contributed by atoms with van der Waals surface area (Å²) in [5.41, 5.74) is 8.58. The van der Waals surface area contributed by atoms with E-state index in [1.54, 1.807) is 12.1 Å². The summed E-state index contributed by atoms with van der Waals surface area (Å²) < 4.78 is 14.1. The zero-order valence-corrected chi connectivity index (χ0v) is 12.4. The van der Waals surface area contributed by atoms with Gasteiger partial charge in [0.1, 0.15) is 5.82 Å². The van der Waals surface area contributed by atoms with Crippen molar-refractivity contribution in [1.82, 2.24) is 0 Å². The Bertz CT molecular complexity index is 584. The molecule has 0 fully saturated rings. The van der Waals surface area contributed by atoms with Gasteiger partial charge in [0, 0.05) is 29.9 Å². The molecule has 2 N–H and O–H groups in total. The smallest absolute Gasteiger partial charge is 0.130 e. The fourth-order valence-electron chi connectivity index (χ4n) is 2.23. The highest BCUT2D eigenvalue weighted by molar-refractivity contribution is 6.30. The lowest BCUT2D eigenvalue weighted by Crippen LogP contribution is -2.31. The highest BCUT2D eigenvalue weighted by Gasteiger charge is 2.19. The Kier molecular flexibility index (Phi) is 4.63. The standard InChI is InChI=1S/C16H18ClFN2/c1-11-3-6-13(7-4-11)20(2)16(10-19)14-8-5-12(17)9-15(14)18/h3-9,16H,10,19H2,1-2H3. The lowest BCUT2D eigenvalue weighted by molar-refractivity contribution is 0.573. The summed E-state index contributed by atoms with van der Waals surface area (Å²) >= 11 is 5.79. The molecule has 2 rings (SSSR count). The zero-order chi connectivity index (χ0) is 14.7. The Hall–Kier alpha value is -1.58. The number of halogens is 2. The van der Waals surface area contributed by atoms with Crippen LogP contribution in [0.15, 0.2) is 42.5 Å². The third-order valence-electron chi connectivity index (χ3n) is 3.45. The Morgan fingerprint density at radius 2 is 1.85 bits per heavy atom. The minimum Gasteiger partial charge on any atom is -0.366 e. The summed E-state index contributed by atoms with van der Waals surface area (Å²) in [6.07, 6.45) is 0. The summed E-state index contributed by atoms with van der Waals surface area (Å²) in [5, 5.41) is 0.389. The third kappa shape index (κ3) is 3.11. The van der Waals surface area contributed by atoms with Gasteiger partial charge in [-0.05, 0) is 31.2 Å². The van der Waals surface area contributed by atoms with E-state index >= 15 is 0 Å². The van der Waals surface area contributed by atoms with Crippen LogP contribution in [0.25, 0.3) is 0 Å². The van der Waals surface area contributed by atoms with Crippen LogP contribution in [-0.4, -0.2) is 13.6 Å². The minimum atomic E-state index is -0.327. The summed E-state index contributed by atoms with van der Waals surface area (Å²) in [6.45, 7) is 2.35. The molecule has 0 heterocycles. The molecular formula is C16H18ClFN2. The first-order valence-corrected chi connectivity index (χ1v) is 6.85. The van der Waals surface area contributed by atoms with Crippen molar-refractivity contribution in [3.63, 3.8) is 0 Å². The van der Waals surface area contributed by atoms with Gasteiger partial charge in [-0.3, -0.25) is 0 Å². The molecule has 1 unspecified atom stereocenters. The molecular weight excluding hydrogens is 275 g/mol. The number of benzene rings is 2. The normalized spacial score (nSPS) is 12.2. The van der Waals surface area contributed by atoms with E-state index in [1.165, 1.54) is 11.6 Å². The van der Waals surface area contributed by atoms with Crippen molar-refractivity contribution in [2.45, 2.75) is 13.0 Å². The van der Waals surface area contributed by atoms with Gasteiger partial charge in [0.15, 0.2) is 0 Å². The van der Waals surface area contributed by atoms with Crippen LogP contribution in [-0.2, 0) is 0 Å². The number of anilines is 1. The molecule has 1 atom stereocenters. The molecule has 2 aromatic carbocycles. The predicted octanol–water partition coefficient (Wildman–Crippen LogP) is 3.92. The van der Waals surface area contributed by atoms with E-state index in [0.29, 0.717) is 17.1 Å². The fraction of sp³-hybridized carbons (Fsp3) is 0.250. The van der Waals surface area contributed by atoms with E-state index in [4.69, 9.17) is 17.3 Å². The number of hydrogen-bond donors (Lipinski definition) is 1. The van der Waals surface area contributed by atoms with Crippen LogP contribution in [0.2, 0.25) is 5.02 Å². The maximum atomic E-state index is 14.1. The highest BCUT2D eigenvalue weighted by atomic mass is 35.5. The van der Waals surface area contributed by atoms with E-state index in [-0.39, 0.29) is 11.9 Å². The summed E-state index contributed by atoms with van der Waals surface area (Å²) in [7, 11) is 1.91. The molecule has 0 bridgehead atoms. The molecule has 0 aliphatic heterocycles. The van der Waals surface area contributed by atoms with Gasteiger partial charge < -0.3 is 10.6 Å². The first kappa shape index (κ1) is 14.8. The molecule has 2 aromatic rings. The van der Waals surface area contributed by atoms with Crippen molar-refractivity contribution in [2.24, 2.45) is 5.73 Å². The number of aryl methyl sites for hydroxylation is 1. The van der Waals surface area contributed by atoms with Crippen molar-refractivity contribution in [3.8, 4) is 0 Å². The van der Waals surface area contributed by atoms with Crippen LogP contribution in [0.1, 0.15) is 17.2 Å². The van der Waals surface area contributed by atoms with Crippen LogP contribution in [0.3, 0.4) is 0 Å². The molecule has 20 heavy (non-hydrogen) atoms. The Balaban J connectivity index is 2.33. The lowest BCUT2D eigenvalue weighted by Gasteiger charge is -2.30. The van der Waals surface area contributed by atoms with Crippen molar-refractivity contribution in [1.29, 1.82) is 0 Å². The quantitative estimate of drug-likeness (QED) is 0.925.